The number of nitrogens with one attached hydrogen (secondary N) is 1. The van der Waals surface area contributed by atoms with Crippen molar-refractivity contribution >= 4 is 17.8 Å². The Bertz CT molecular complexity index is 816. The highest BCUT2D eigenvalue weighted by molar-refractivity contribution is 5.93. The number of benzene rings is 2. The zero-order chi connectivity index (χ0) is 19.8. The molecule has 1 N–H and O–H groups in total. The second-order valence-corrected chi connectivity index (χ2v) is 6.33. The third-order valence-corrected chi connectivity index (χ3v) is 4.09. The molecule has 0 saturated carbocycles. The van der Waals surface area contributed by atoms with Crippen molar-refractivity contribution in [2.45, 2.75) is 26.7 Å². The van der Waals surface area contributed by atoms with Crippen LogP contribution in [-0.2, 0) is 9.63 Å². The van der Waals surface area contributed by atoms with Crippen LogP contribution in [0.4, 0.5) is 5.69 Å². The first-order chi connectivity index (χ1) is 13.0. The summed E-state index contributed by atoms with van der Waals surface area (Å²) in [6.07, 6.45) is 1.49. The summed E-state index contributed by atoms with van der Waals surface area (Å²) in [5.74, 6) is 1.19. The molecule has 27 heavy (non-hydrogen) atoms. The van der Waals surface area contributed by atoms with Crippen LogP contribution in [0, 0.1) is 6.92 Å². The van der Waals surface area contributed by atoms with Crippen LogP contribution >= 0.6 is 0 Å². The van der Waals surface area contributed by atoms with E-state index in [0.717, 1.165) is 16.8 Å². The van der Waals surface area contributed by atoms with Gasteiger partial charge in [-0.3, -0.25) is 4.79 Å². The number of ether oxygens (including phenoxy) is 2. The fraction of sp³-hybridized carbons (Fsp3) is 0.333. The Balaban J connectivity index is 1.99. The summed E-state index contributed by atoms with van der Waals surface area (Å²) in [5.41, 5.74) is 3.63. The molecule has 2 aromatic rings. The topological polar surface area (TPSA) is 69.2 Å². The van der Waals surface area contributed by atoms with Crippen LogP contribution in [0.2, 0.25) is 0 Å². The SMILES string of the molecule is COc1cccc(/C=N\OCC(=O)Nc2c(C)cccc2C(C)C)c1OC. The van der Waals surface area contributed by atoms with Gasteiger partial charge in [-0.05, 0) is 36.1 Å². The molecule has 0 aliphatic heterocycles. The number of anilines is 1. The van der Waals surface area contributed by atoms with E-state index in [2.05, 4.69) is 24.3 Å². The van der Waals surface area contributed by atoms with Crippen molar-refractivity contribution in [1.29, 1.82) is 0 Å². The Kier molecular flexibility index (Phi) is 7.23. The first kappa shape index (κ1) is 20.3. The predicted octanol–water partition coefficient (Wildman–Crippen LogP) is 4.12. The van der Waals surface area contributed by atoms with E-state index >= 15 is 0 Å². The Morgan fingerprint density at radius 2 is 1.89 bits per heavy atom. The van der Waals surface area contributed by atoms with Crippen LogP contribution in [0.15, 0.2) is 41.6 Å². The standard InChI is InChI=1S/C21H26N2O4/c1-14(2)17-10-6-8-15(3)20(17)23-19(24)13-27-22-12-16-9-7-11-18(25-4)21(16)26-5/h6-12,14H,13H2,1-5H3,(H,23,24)/b22-12-. The summed E-state index contributed by atoms with van der Waals surface area (Å²) in [4.78, 5) is 17.4. The number of hydrogen-bond donors (Lipinski definition) is 1. The van der Waals surface area contributed by atoms with Crippen LogP contribution in [0.3, 0.4) is 0 Å². The molecule has 0 atom stereocenters. The molecular weight excluding hydrogens is 344 g/mol. The van der Waals surface area contributed by atoms with Crippen molar-refractivity contribution in [3.05, 3.63) is 53.1 Å². The molecular formula is C21H26N2O4. The van der Waals surface area contributed by atoms with Crippen LogP contribution < -0.4 is 14.8 Å². The van der Waals surface area contributed by atoms with Gasteiger partial charge in [0.1, 0.15) is 0 Å². The van der Waals surface area contributed by atoms with E-state index in [1.165, 1.54) is 6.21 Å². The van der Waals surface area contributed by atoms with E-state index in [1.807, 2.05) is 37.3 Å². The number of hydrogen-bond acceptors (Lipinski definition) is 5. The first-order valence-electron chi connectivity index (χ1n) is 8.73. The fourth-order valence-corrected chi connectivity index (χ4v) is 2.72. The fourth-order valence-electron chi connectivity index (χ4n) is 2.72. The van der Waals surface area contributed by atoms with Crippen LogP contribution in [0.25, 0.3) is 0 Å². The zero-order valence-electron chi connectivity index (χ0n) is 16.4. The third-order valence-electron chi connectivity index (χ3n) is 4.09. The van der Waals surface area contributed by atoms with Crippen molar-refractivity contribution in [3.8, 4) is 11.5 Å². The molecule has 0 fully saturated rings. The molecule has 0 saturated heterocycles. The minimum Gasteiger partial charge on any atom is -0.493 e. The van der Waals surface area contributed by atoms with Gasteiger partial charge in [-0.15, -0.1) is 0 Å². The van der Waals surface area contributed by atoms with E-state index in [1.54, 1.807) is 20.3 Å². The average molecular weight is 370 g/mol. The highest BCUT2D eigenvalue weighted by atomic mass is 16.6. The number of rotatable bonds is 8. The van der Waals surface area contributed by atoms with Crippen molar-refractivity contribution in [2.75, 3.05) is 26.1 Å². The maximum atomic E-state index is 12.2. The maximum Gasteiger partial charge on any atom is 0.265 e. The molecule has 0 radical (unpaired) electrons. The lowest BCUT2D eigenvalue weighted by molar-refractivity contribution is -0.120. The van der Waals surface area contributed by atoms with Gasteiger partial charge in [0.25, 0.3) is 5.91 Å². The third kappa shape index (κ3) is 5.23. The van der Waals surface area contributed by atoms with Gasteiger partial charge in [-0.1, -0.05) is 43.3 Å². The molecule has 0 spiro atoms. The summed E-state index contributed by atoms with van der Waals surface area (Å²) >= 11 is 0. The lowest BCUT2D eigenvalue weighted by Gasteiger charge is -2.16. The highest BCUT2D eigenvalue weighted by Gasteiger charge is 2.12. The summed E-state index contributed by atoms with van der Waals surface area (Å²) in [5, 5.41) is 6.78. The van der Waals surface area contributed by atoms with Gasteiger partial charge < -0.3 is 19.6 Å². The quantitative estimate of drug-likeness (QED) is 0.560. The second kappa shape index (κ2) is 9.62. The van der Waals surface area contributed by atoms with E-state index in [0.29, 0.717) is 23.0 Å². The molecule has 0 aliphatic rings. The maximum absolute atomic E-state index is 12.2. The van der Waals surface area contributed by atoms with Gasteiger partial charge in [-0.25, -0.2) is 0 Å². The number of amides is 1. The average Bonchev–Trinajstić information content (AvgIpc) is 2.66. The molecule has 6 heteroatoms. The normalized spacial score (nSPS) is 10.9. The largest absolute Gasteiger partial charge is 0.493 e. The van der Waals surface area contributed by atoms with Crippen molar-refractivity contribution in [1.82, 2.24) is 0 Å². The second-order valence-electron chi connectivity index (χ2n) is 6.33. The van der Waals surface area contributed by atoms with Gasteiger partial charge in [0.05, 0.1) is 20.4 Å². The van der Waals surface area contributed by atoms with Gasteiger partial charge in [0, 0.05) is 11.3 Å². The summed E-state index contributed by atoms with van der Waals surface area (Å²) < 4.78 is 10.6. The molecule has 0 bridgehead atoms. The molecule has 144 valence electrons. The molecule has 0 aliphatic carbocycles. The van der Waals surface area contributed by atoms with Gasteiger partial charge in [0.15, 0.2) is 18.1 Å². The van der Waals surface area contributed by atoms with Crippen molar-refractivity contribution in [3.63, 3.8) is 0 Å². The first-order valence-corrected chi connectivity index (χ1v) is 8.73. The lowest BCUT2D eigenvalue weighted by Crippen LogP contribution is -2.19. The Morgan fingerprint density at radius 1 is 1.15 bits per heavy atom. The van der Waals surface area contributed by atoms with E-state index < -0.39 is 0 Å². The number of para-hydroxylation sites is 2. The summed E-state index contributed by atoms with van der Waals surface area (Å²) in [6, 6.07) is 11.4. The Morgan fingerprint density at radius 3 is 2.56 bits per heavy atom. The number of methoxy groups -OCH3 is 2. The highest BCUT2D eigenvalue weighted by Crippen LogP contribution is 2.29. The monoisotopic (exact) mass is 370 g/mol. The number of carbonyl (C=O) groups is 1. The minimum atomic E-state index is -0.263. The molecule has 1 amide bonds. The molecule has 2 aromatic carbocycles. The van der Waals surface area contributed by atoms with Gasteiger partial charge in [0.2, 0.25) is 0 Å². The minimum absolute atomic E-state index is 0.186. The summed E-state index contributed by atoms with van der Waals surface area (Å²) in [6.45, 7) is 5.96. The zero-order valence-corrected chi connectivity index (χ0v) is 16.4. The number of carbonyl (C=O) groups excluding carboxylic acids is 1. The predicted molar refractivity (Wildman–Crippen MR) is 107 cm³/mol. The Labute approximate surface area is 160 Å². The molecule has 0 aromatic heterocycles. The molecule has 0 unspecified atom stereocenters. The van der Waals surface area contributed by atoms with Gasteiger partial charge >= 0.3 is 0 Å². The van der Waals surface area contributed by atoms with E-state index in [-0.39, 0.29) is 12.5 Å². The smallest absolute Gasteiger partial charge is 0.265 e. The Hall–Kier alpha value is -3.02. The van der Waals surface area contributed by atoms with E-state index in [9.17, 15) is 4.79 Å². The van der Waals surface area contributed by atoms with E-state index in [4.69, 9.17) is 14.3 Å². The lowest BCUT2D eigenvalue weighted by atomic mass is 9.98. The van der Waals surface area contributed by atoms with Gasteiger partial charge in [-0.2, -0.15) is 0 Å². The number of aryl methyl sites for hydroxylation is 1. The van der Waals surface area contributed by atoms with Crippen LogP contribution in [0.5, 0.6) is 11.5 Å². The van der Waals surface area contributed by atoms with Crippen molar-refractivity contribution in [2.24, 2.45) is 5.16 Å². The molecule has 2 rings (SSSR count). The molecule has 6 nitrogen and oxygen atoms in total. The summed E-state index contributed by atoms with van der Waals surface area (Å²) in [7, 11) is 3.12. The number of nitrogens with zero attached hydrogens (tertiary/aromatic N) is 1. The number of oxime groups is 1. The molecule has 0 heterocycles. The van der Waals surface area contributed by atoms with Crippen molar-refractivity contribution < 1.29 is 19.1 Å². The van der Waals surface area contributed by atoms with Crippen LogP contribution in [0.1, 0.15) is 36.5 Å². The van der Waals surface area contributed by atoms with Crippen LogP contribution in [-0.4, -0.2) is 32.9 Å².